The van der Waals surface area contributed by atoms with Gasteiger partial charge in [0.2, 0.25) is 5.91 Å². The van der Waals surface area contributed by atoms with Gasteiger partial charge in [0, 0.05) is 11.8 Å². The SMILES string of the molecule is CC(Oc1ccc(CC2SC(=O)NC2=O)cc1)c1nc2ccc(OCc3ccc(C(C)(C)C)c(N)c3)cc2[nH]1.Cl.Cl. The molecule has 2 amide bonds. The molecule has 0 bridgehead atoms. The van der Waals surface area contributed by atoms with Crippen LogP contribution in [0.4, 0.5) is 10.5 Å². The molecule has 1 fully saturated rings. The van der Waals surface area contributed by atoms with E-state index in [0.29, 0.717) is 24.6 Å². The number of thioether (sulfide) groups is 1. The number of rotatable bonds is 8. The maximum atomic E-state index is 11.8. The minimum absolute atomic E-state index is 0. The summed E-state index contributed by atoms with van der Waals surface area (Å²) in [6, 6.07) is 19.4. The molecule has 3 aromatic carbocycles. The largest absolute Gasteiger partial charge is 0.489 e. The van der Waals surface area contributed by atoms with Crippen LogP contribution in [0.5, 0.6) is 11.5 Å². The second-order valence-electron chi connectivity index (χ2n) is 10.8. The van der Waals surface area contributed by atoms with Crippen molar-refractivity contribution in [2.45, 2.75) is 57.5 Å². The number of carbonyl (C=O) groups excluding carboxylic acids is 2. The average Bonchev–Trinajstić information content (AvgIpc) is 3.45. The Morgan fingerprint density at radius 1 is 0.976 bits per heavy atom. The topological polar surface area (TPSA) is 119 Å². The van der Waals surface area contributed by atoms with E-state index in [4.69, 9.17) is 15.2 Å². The molecule has 0 aliphatic carbocycles. The molecule has 41 heavy (non-hydrogen) atoms. The van der Waals surface area contributed by atoms with Gasteiger partial charge in [-0.3, -0.25) is 14.9 Å². The number of hydrogen-bond donors (Lipinski definition) is 3. The molecule has 2 heterocycles. The predicted octanol–water partition coefficient (Wildman–Crippen LogP) is 6.90. The highest BCUT2D eigenvalue weighted by Crippen LogP contribution is 2.30. The summed E-state index contributed by atoms with van der Waals surface area (Å²) in [5, 5.41) is 1.64. The van der Waals surface area contributed by atoms with Crippen molar-refractivity contribution in [1.82, 2.24) is 15.3 Å². The predicted molar refractivity (Wildman–Crippen MR) is 169 cm³/mol. The number of amides is 2. The second-order valence-corrected chi connectivity index (χ2v) is 11.9. The smallest absolute Gasteiger partial charge is 0.286 e. The summed E-state index contributed by atoms with van der Waals surface area (Å²) in [7, 11) is 0. The van der Waals surface area contributed by atoms with Crippen molar-refractivity contribution in [3.63, 3.8) is 0 Å². The Hall–Kier alpha value is -3.40. The third-order valence-corrected chi connectivity index (χ3v) is 7.59. The number of nitrogens with two attached hydrogens (primary N) is 1. The average molecular weight is 618 g/mol. The number of nitrogens with zero attached hydrogens (tertiary/aromatic N) is 1. The van der Waals surface area contributed by atoms with Crippen LogP contribution in [0.1, 0.15) is 56.3 Å². The van der Waals surface area contributed by atoms with E-state index in [2.05, 4.69) is 48.2 Å². The van der Waals surface area contributed by atoms with Crippen LogP contribution in [0.15, 0.2) is 60.7 Å². The highest BCUT2D eigenvalue weighted by Gasteiger charge is 2.31. The van der Waals surface area contributed by atoms with E-state index in [9.17, 15) is 9.59 Å². The summed E-state index contributed by atoms with van der Waals surface area (Å²) >= 11 is 1.03. The molecule has 1 saturated heterocycles. The molecule has 8 nitrogen and oxygen atoms in total. The van der Waals surface area contributed by atoms with Crippen LogP contribution in [0, 0.1) is 0 Å². The zero-order chi connectivity index (χ0) is 27.7. The Kier molecular flexibility index (Phi) is 10.2. The van der Waals surface area contributed by atoms with Gasteiger partial charge in [-0.25, -0.2) is 4.98 Å². The number of aromatic nitrogens is 2. The first-order valence-electron chi connectivity index (χ1n) is 12.8. The Morgan fingerprint density at radius 3 is 2.29 bits per heavy atom. The van der Waals surface area contributed by atoms with E-state index in [1.165, 1.54) is 0 Å². The monoisotopic (exact) mass is 616 g/mol. The number of anilines is 1. The van der Waals surface area contributed by atoms with Gasteiger partial charge in [-0.2, -0.15) is 0 Å². The van der Waals surface area contributed by atoms with Gasteiger partial charge in [0.25, 0.3) is 5.24 Å². The highest BCUT2D eigenvalue weighted by atomic mass is 35.5. The third kappa shape index (κ3) is 7.67. The standard InChI is InChI=1S/C30H32N4O4S.2ClH/c1-17(38-20-8-5-18(6-9-20)14-26-28(35)34-29(36)39-26)27-32-24-12-10-21(15-25(24)33-27)37-16-19-7-11-22(23(31)13-19)30(2,3)4;;/h5-13,15,17,26H,14,16,31H2,1-4H3,(H,32,33)(H,34,35,36);2*1H. The van der Waals surface area contributed by atoms with Gasteiger partial charge < -0.3 is 20.2 Å². The molecule has 1 aliphatic rings. The van der Waals surface area contributed by atoms with Gasteiger partial charge in [-0.1, -0.05) is 56.8 Å². The Balaban J connectivity index is 0.00000231. The number of hydrogen-bond acceptors (Lipinski definition) is 7. The third-order valence-electron chi connectivity index (χ3n) is 6.61. The summed E-state index contributed by atoms with van der Waals surface area (Å²) < 4.78 is 12.1. The number of aromatic amines is 1. The van der Waals surface area contributed by atoms with E-state index in [1.54, 1.807) is 0 Å². The fraction of sp³-hybridized carbons (Fsp3) is 0.300. The van der Waals surface area contributed by atoms with Crippen molar-refractivity contribution in [3.05, 3.63) is 83.2 Å². The molecular formula is C30H34Cl2N4O4S. The lowest BCUT2D eigenvalue weighted by molar-refractivity contribution is -0.118. The fourth-order valence-electron chi connectivity index (χ4n) is 4.55. The van der Waals surface area contributed by atoms with Crippen molar-refractivity contribution in [2.75, 3.05) is 5.73 Å². The van der Waals surface area contributed by atoms with Gasteiger partial charge in [-0.15, -0.1) is 24.8 Å². The van der Waals surface area contributed by atoms with Gasteiger partial charge >= 0.3 is 0 Å². The first-order valence-corrected chi connectivity index (χ1v) is 13.7. The second kappa shape index (κ2) is 13.1. The molecule has 1 aliphatic heterocycles. The van der Waals surface area contributed by atoms with E-state index in [-0.39, 0.29) is 52.7 Å². The lowest BCUT2D eigenvalue weighted by atomic mass is 9.85. The number of H-pyrrole nitrogens is 1. The Labute approximate surface area is 256 Å². The van der Waals surface area contributed by atoms with Crippen LogP contribution in [0.2, 0.25) is 0 Å². The summed E-state index contributed by atoms with van der Waals surface area (Å²) in [5.74, 6) is 1.88. The Morgan fingerprint density at radius 2 is 1.66 bits per heavy atom. The number of carbonyl (C=O) groups is 2. The first kappa shape index (κ1) is 32.1. The van der Waals surface area contributed by atoms with E-state index < -0.39 is 0 Å². The van der Waals surface area contributed by atoms with Crippen LogP contribution in [-0.2, 0) is 23.2 Å². The maximum absolute atomic E-state index is 11.8. The van der Waals surface area contributed by atoms with Crippen molar-refractivity contribution >= 4 is 64.4 Å². The van der Waals surface area contributed by atoms with Crippen molar-refractivity contribution in [2.24, 2.45) is 0 Å². The number of halogens is 2. The van der Waals surface area contributed by atoms with E-state index in [1.807, 2.05) is 55.5 Å². The maximum Gasteiger partial charge on any atom is 0.286 e. The molecule has 0 radical (unpaired) electrons. The van der Waals surface area contributed by atoms with Gasteiger partial charge in [0.15, 0.2) is 6.10 Å². The molecule has 5 rings (SSSR count). The molecule has 4 N–H and O–H groups in total. The van der Waals surface area contributed by atoms with Crippen LogP contribution >= 0.6 is 36.6 Å². The van der Waals surface area contributed by atoms with Crippen molar-refractivity contribution in [3.8, 4) is 11.5 Å². The quantitative estimate of drug-likeness (QED) is 0.184. The van der Waals surface area contributed by atoms with E-state index in [0.717, 1.165) is 50.9 Å². The zero-order valence-corrected chi connectivity index (χ0v) is 25.7. The normalized spacial score (nSPS) is 15.6. The van der Waals surface area contributed by atoms with Crippen molar-refractivity contribution < 1.29 is 19.1 Å². The number of imide groups is 1. The highest BCUT2D eigenvalue weighted by molar-refractivity contribution is 8.15. The van der Waals surface area contributed by atoms with E-state index >= 15 is 0 Å². The number of nitrogen functional groups attached to an aromatic ring is 1. The zero-order valence-electron chi connectivity index (χ0n) is 23.2. The van der Waals surface area contributed by atoms with Crippen LogP contribution < -0.4 is 20.5 Å². The van der Waals surface area contributed by atoms with Crippen LogP contribution in [-0.4, -0.2) is 26.4 Å². The summed E-state index contributed by atoms with van der Waals surface area (Å²) in [6.45, 7) is 8.79. The number of fused-ring (bicyclic) bond motifs is 1. The van der Waals surface area contributed by atoms with Gasteiger partial charge in [0.05, 0.1) is 16.3 Å². The molecule has 11 heteroatoms. The summed E-state index contributed by atoms with van der Waals surface area (Å²) in [6.07, 6.45) is 0.174. The fourth-order valence-corrected chi connectivity index (χ4v) is 5.41. The minimum atomic E-state index is -0.389. The molecule has 1 aromatic heterocycles. The number of imidazole rings is 1. The lowest BCUT2D eigenvalue weighted by Crippen LogP contribution is -2.25. The summed E-state index contributed by atoms with van der Waals surface area (Å²) in [4.78, 5) is 31.2. The van der Waals surface area contributed by atoms with Gasteiger partial charge in [0.1, 0.15) is 23.9 Å². The molecule has 0 spiro atoms. The van der Waals surface area contributed by atoms with Gasteiger partial charge in [-0.05, 0) is 65.8 Å². The molecule has 218 valence electrons. The van der Waals surface area contributed by atoms with Crippen molar-refractivity contribution in [1.29, 1.82) is 0 Å². The Bertz CT molecular complexity index is 1540. The number of ether oxygens (including phenoxy) is 2. The van der Waals surface area contributed by atoms with Crippen LogP contribution in [0.3, 0.4) is 0 Å². The number of nitrogens with one attached hydrogen (secondary N) is 2. The first-order chi connectivity index (χ1) is 18.5. The molecular weight excluding hydrogens is 583 g/mol. The lowest BCUT2D eigenvalue weighted by Gasteiger charge is -2.21. The minimum Gasteiger partial charge on any atom is -0.489 e. The summed E-state index contributed by atoms with van der Waals surface area (Å²) in [5.41, 5.74) is 11.8. The number of benzene rings is 3. The molecule has 4 aromatic rings. The molecule has 2 atom stereocenters. The molecule has 2 unspecified atom stereocenters. The molecule has 0 saturated carbocycles. The van der Waals surface area contributed by atoms with Crippen LogP contribution in [0.25, 0.3) is 11.0 Å².